The van der Waals surface area contributed by atoms with Crippen molar-refractivity contribution in [2.24, 2.45) is 0 Å². The first-order valence-corrected chi connectivity index (χ1v) is 7.81. The summed E-state index contributed by atoms with van der Waals surface area (Å²) in [6, 6.07) is 8.11. The average Bonchev–Trinajstić information content (AvgIpc) is 2.57. The van der Waals surface area contributed by atoms with Gasteiger partial charge in [0.25, 0.3) is 0 Å². The number of hydrogen-bond acceptors (Lipinski definition) is 3. The summed E-state index contributed by atoms with van der Waals surface area (Å²) in [7, 11) is 0. The molecule has 0 aliphatic carbocycles. The number of nitrogens with zero attached hydrogens (tertiary/aromatic N) is 2. The van der Waals surface area contributed by atoms with E-state index in [1.165, 1.54) is 12.1 Å². The molecule has 114 valence electrons. The molecule has 21 heavy (non-hydrogen) atoms. The molecule has 2 fully saturated rings. The number of carbonyl (C=O) groups excluding carboxylic acids is 1. The molecule has 2 amide bonds. The van der Waals surface area contributed by atoms with Gasteiger partial charge in [-0.05, 0) is 43.5 Å². The van der Waals surface area contributed by atoms with Crippen molar-refractivity contribution in [1.82, 2.24) is 4.90 Å². The highest BCUT2D eigenvalue weighted by molar-refractivity contribution is 5.89. The predicted octanol–water partition coefficient (Wildman–Crippen LogP) is 2.54. The Balaban J connectivity index is 1.57. The standard InChI is InChI=1S/C16H23N3O2/c20-16(19-8-2-1-3-9-19)17-14-4-6-15(7-5-14)18-10-12-21-13-11-18/h4-7H,1-3,8-13H2,(H,17,20). The Morgan fingerprint density at radius 3 is 2.29 bits per heavy atom. The van der Waals surface area contributed by atoms with Gasteiger partial charge in [-0.1, -0.05) is 0 Å². The number of urea groups is 1. The van der Waals surface area contributed by atoms with Gasteiger partial charge in [0.05, 0.1) is 13.2 Å². The van der Waals surface area contributed by atoms with Crippen molar-refractivity contribution in [3.8, 4) is 0 Å². The van der Waals surface area contributed by atoms with E-state index >= 15 is 0 Å². The van der Waals surface area contributed by atoms with Gasteiger partial charge in [-0.2, -0.15) is 0 Å². The van der Waals surface area contributed by atoms with Crippen LogP contribution in [0, 0.1) is 0 Å². The van der Waals surface area contributed by atoms with E-state index in [1.54, 1.807) is 0 Å². The molecule has 2 heterocycles. The number of likely N-dealkylation sites (tertiary alicyclic amines) is 1. The normalized spacial score (nSPS) is 19.4. The fourth-order valence-corrected chi connectivity index (χ4v) is 2.88. The third kappa shape index (κ3) is 3.67. The minimum Gasteiger partial charge on any atom is -0.378 e. The van der Waals surface area contributed by atoms with Crippen molar-refractivity contribution in [2.45, 2.75) is 19.3 Å². The largest absolute Gasteiger partial charge is 0.378 e. The van der Waals surface area contributed by atoms with Crippen LogP contribution in [-0.2, 0) is 4.74 Å². The molecule has 0 bridgehead atoms. The lowest BCUT2D eigenvalue weighted by Crippen LogP contribution is -2.38. The van der Waals surface area contributed by atoms with Gasteiger partial charge < -0.3 is 19.9 Å². The van der Waals surface area contributed by atoms with Crippen molar-refractivity contribution >= 4 is 17.4 Å². The highest BCUT2D eigenvalue weighted by Crippen LogP contribution is 2.19. The van der Waals surface area contributed by atoms with Gasteiger partial charge in [-0.25, -0.2) is 4.79 Å². The van der Waals surface area contributed by atoms with E-state index in [0.29, 0.717) is 0 Å². The monoisotopic (exact) mass is 289 g/mol. The second kappa shape index (κ2) is 6.80. The van der Waals surface area contributed by atoms with Crippen LogP contribution < -0.4 is 10.2 Å². The van der Waals surface area contributed by atoms with Crippen LogP contribution in [0.5, 0.6) is 0 Å². The summed E-state index contributed by atoms with van der Waals surface area (Å²) in [6.45, 7) is 5.18. The van der Waals surface area contributed by atoms with Gasteiger partial charge in [0.15, 0.2) is 0 Å². The number of benzene rings is 1. The van der Waals surface area contributed by atoms with E-state index in [2.05, 4.69) is 22.3 Å². The molecule has 0 saturated carbocycles. The van der Waals surface area contributed by atoms with Crippen molar-refractivity contribution in [1.29, 1.82) is 0 Å². The third-order valence-electron chi connectivity index (χ3n) is 4.14. The van der Waals surface area contributed by atoms with Gasteiger partial charge in [-0.3, -0.25) is 0 Å². The number of hydrogen-bond donors (Lipinski definition) is 1. The number of rotatable bonds is 2. The van der Waals surface area contributed by atoms with Crippen LogP contribution >= 0.6 is 0 Å². The molecule has 0 radical (unpaired) electrons. The van der Waals surface area contributed by atoms with Gasteiger partial charge in [0.2, 0.25) is 0 Å². The topological polar surface area (TPSA) is 44.8 Å². The van der Waals surface area contributed by atoms with Crippen LogP contribution in [0.4, 0.5) is 16.2 Å². The lowest BCUT2D eigenvalue weighted by molar-refractivity contribution is 0.122. The lowest BCUT2D eigenvalue weighted by atomic mass is 10.1. The number of anilines is 2. The predicted molar refractivity (Wildman–Crippen MR) is 83.9 cm³/mol. The molecule has 5 heteroatoms. The van der Waals surface area contributed by atoms with Gasteiger partial charge in [0, 0.05) is 37.6 Å². The molecular formula is C16H23N3O2. The SMILES string of the molecule is O=C(Nc1ccc(N2CCOCC2)cc1)N1CCCCC1. The molecule has 2 aliphatic heterocycles. The number of amides is 2. The molecule has 2 saturated heterocycles. The summed E-state index contributed by atoms with van der Waals surface area (Å²) in [4.78, 5) is 16.3. The van der Waals surface area contributed by atoms with Crippen LogP contribution in [0.15, 0.2) is 24.3 Å². The minimum absolute atomic E-state index is 0.0221. The number of carbonyl (C=O) groups is 1. The molecule has 5 nitrogen and oxygen atoms in total. The number of morpholine rings is 1. The van der Waals surface area contributed by atoms with E-state index in [1.807, 2.05) is 17.0 Å². The minimum atomic E-state index is 0.0221. The molecule has 2 aliphatic rings. The first kappa shape index (κ1) is 14.2. The van der Waals surface area contributed by atoms with Gasteiger partial charge in [0.1, 0.15) is 0 Å². The van der Waals surface area contributed by atoms with E-state index in [4.69, 9.17) is 4.74 Å². The summed E-state index contributed by atoms with van der Waals surface area (Å²) in [5.74, 6) is 0. The summed E-state index contributed by atoms with van der Waals surface area (Å²) < 4.78 is 5.36. The summed E-state index contributed by atoms with van der Waals surface area (Å²) >= 11 is 0. The Bertz CT molecular complexity index is 463. The Labute approximate surface area is 125 Å². The van der Waals surface area contributed by atoms with Crippen molar-refractivity contribution in [3.05, 3.63) is 24.3 Å². The van der Waals surface area contributed by atoms with Crippen molar-refractivity contribution < 1.29 is 9.53 Å². The fraction of sp³-hybridized carbons (Fsp3) is 0.562. The maximum Gasteiger partial charge on any atom is 0.321 e. The first-order valence-electron chi connectivity index (χ1n) is 7.81. The van der Waals surface area contributed by atoms with E-state index < -0.39 is 0 Å². The van der Waals surface area contributed by atoms with Gasteiger partial charge in [-0.15, -0.1) is 0 Å². The molecule has 0 aromatic heterocycles. The maximum atomic E-state index is 12.1. The molecule has 1 aromatic rings. The Kier molecular flexibility index (Phi) is 4.60. The van der Waals surface area contributed by atoms with E-state index in [9.17, 15) is 4.79 Å². The van der Waals surface area contributed by atoms with Crippen LogP contribution in [-0.4, -0.2) is 50.3 Å². The van der Waals surface area contributed by atoms with E-state index in [0.717, 1.165) is 57.9 Å². The first-order chi connectivity index (χ1) is 10.3. The van der Waals surface area contributed by atoms with Gasteiger partial charge >= 0.3 is 6.03 Å². The zero-order valence-corrected chi connectivity index (χ0v) is 12.4. The molecule has 3 rings (SSSR count). The number of nitrogens with one attached hydrogen (secondary N) is 1. The molecule has 0 unspecified atom stereocenters. The molecule has 1 N–H and O–H groups in total. The Hall–Kier alpha value is -1.75. The molecule has 0 atom stereocenters. The Morgan fingerprint density at radius 2 is 1.62 bits per heavy atom. The highest BCUT2D eigenvalue weighted by Gasteiger charge is 2.16. The number of ether oxygens (including phenoxy) is 1. The summed E-state index contributed by atoms with van der Waals surface area (Å²) in [5, 5.41) is 2.99. The van der Waals surface area contributed by atoms with Crippen LogP contribution in [0.1, 0.15) is 19.3 Å². The fourth-order valence-electron chi connectivity index (χ4n) is 2.88. The van der Waals surface area contributed by atoms with Crippen LogP contribution in [0.3, 0.4) is 0 Å². The van der Waals surface area contributed by atoms with Crippen molar-refractivity contribution in [3.63, 3.8) is 0 Å². The number of piperidine rings is 1. The smallest absolute Gasteiger partial charge is 0.321 e. The van der Waals surface area contributed by atoms with Crippen LogP contribution in [0.2, 0.25) is 0 Å². The highest BCUT2D eigenvalue weighted by atomic mass is 16.5. The maximum absolute atomic E-state index is 12.1. The van der Waals surface area contributed by atoms with Crippen LogP contribution in [0.25, 0.3) is 0 Å². The molecule has 1 aromatic carbocycles. The quantitative estimate of drug-likeness (QED) is 0.910. The average molecular weight is 289 g/mol. The second-order valence-electron chi connectivity index (χ2n) is 5.62. The summed E-state index contributed by atoms with van der Waals surface area (Å²) in [5.41, 5.74) is 2.05. The Morgan fingerprint density at radius 1 is 0.952 bits per heavy atom. The zero-order chi connectivity index (χ0) is 14.5. The van der Waals surface area contributed by atoms with E-state index in [-0.39, 0.29) is 6.03 Å². The lowest BCUT2D eigenvalue weighted by Gasteiger charge is -2.29. The third-order valence-corrected chi connectivity index (χ3v) is 4.14. The summed E-state index contributed by atoms with van der Waals surface area (Å²) in [6.07, 6.45) is 3.46. The van der Waals surface area contributed by atoms with Crippen molar-refractivity contribution in [2.75, 3.05) is 49.6 Å². The molecule has 0 spiro atoms. The second-order valence-corrected chi connectivity index (χ2v) is 5.62. The molecular weight excluding hydrogens is 266 g/mol. The zero-order valence-electron chi connectivity index (χ0n) is 12.4.